The molecular weight excluding hydrogens is 290 g/mol. The van der Waals surface area contributed by atoms with Crippen molar-refractivity contribution in [2.75, 3.05) is 13.1 Å². The summed E-state index contributed by atoms with van der Waals surface area (Å²) in [6.45, 7) is 6.93. The second kappa shape index (κ2) is 6.07. The summed E-state index contributed by atoms with van der Waals surface area (Å²) in [6, 6.07) is 5.91. The molecule has 0 bridgehead atoms. The van der Waals surface area contributed by atoms with Crippen molar-refractivity contribution in [2.24, 2.45) is 0 Å². The van der Waals surface area contributed by atoms with Crippen molar-refractivity contribution in [3.63, 3.8) is 0 Å². The molecule has 2 heterocycles. The van der Waals surface area contributed by atoms with E-state index >= 15 is 0 Å². The number of nitrogens with one attached hydrogen (secondary N) is 2. The van der Waals surface area contributed by atoms with Crippen LogP contribution in [0.15, 0.2) is 18.2 Å². The molecule has 5 heteroatoms. The molecule has 5 nitrogen and oxygen atoms in total. The molecule has 122 valence electrons. The first kappa shape index (κ1) is 15.6. The van der Waals surface area contributed by atoms with Gasteiger partial charge in [0.1, 0.15) is 0 Å². The van der Waals surface area contributed by atoms with Gasteiger partial charge in [-0.3, -0.25) is 9.59 Å². The number of amides is 2. The first-order valence-electron chi connectivity index (χ1n) is 8.11. The highest BCUT2D eigenvalue weighted by Gasteiger charge is 2.26. The van der Waals surface area contributed by atoms with Crippen molar-refractivity contribution < 1.29 is 9.59 Å². The molecule has 0 aliphatic carbocycles. The number of para-hydroxylation sites is 1. The van der Waals surface area contributed by atoms with Crippen LogP contribution in [0.5, 0.6) is 0 Å². The molecule has 1 aliphatic rings. The molecule has 2 aromatic rings. The third-order valence-electron chi connectivity index (χ3n) is 4.69. The third-order valence-corrected chi connectivity index (χ3v) is 4.69. The average molecular weight is 313 g/mol. The molecule has 2 amide bonds. The fourth-order valence-electron chi connectivity index (χ4n) is 3.40. The Morgan fingerprint density at radius 2 is 2.09 bits per heavy atom. The van der Waals surface area contributed by atoms with E-state index < -0.39 is 0 Å². The number of H-pyrrole nitrogens is 1. The van der Waals surface area contributed by atoms with Crippen molar-refractivity contribution in [1.82, 2.24) is 15.2 Å². The van der Waals surface area contributed by atoms with Crippen LogP contribution >= 0.6 is 0 Å². The molecule has 0 radical (unpaired) electrons. The minimum Gasteiger partial charge on any atom is -0.358 e. The van der Waals surface area contributed by atoms with Gasteiger partial charge in [0.05, 0.1) is 11.1 Å². The van der Waals surface area contributed by atoms with Gasteiger partial charge in [-0.05, 0) is 38.3 Å². The van der Waals surface area contributed by atoms with Gasteiger partial charge in [0.15, 0.2) is 0 Å². The van der Waals surface area contributed by atoms with Crippen LogP contribution in [0.1, 0.15) is 41.4 Å². The molecular formula is C18H23N3O2. The average Bonchev–Trinajstić information content (AvgIpc) is 2.81. The maximum absolute atomic E-state index is 13.0. The van der Waals surface area contributed by atoms with Crippen LogP contribution in [-0.4, -0.2) is 40.8 Å². The molecule has 1 aromatic heterocycles. The molecule has 0 saturated carbocycles. The molecule has 1 aromatic carbocycles. The first-order valence-corrected chi connectivity index (χ1v) is 8.11. The number of hydrogen-bond donors (Lipinski definition) is 2. The summed E-state index contributed by atoms with van der Waals surface area (Å²) in [5.41, 5.74) is 3.90. The van der Waals surface area contributed by atoms with Crippen LogP contribution in [0, 0.1) is 13.8 Å². The molecule has 2 N–H and O–H groups in total. The number of nitrogens with zero attached hydrogens (tertiary/aromatic N) is 1. The van der Waals surface area contributed by atoms with Crippen molar-refractivity contribution in [2.45, 2.75) is 39.7 Å². The van der Waals surface area contributed by atoms with E-state index in [2.05, 4.69) is 17.2 Å². The Kier molecular flexibility index (Phi) is 4.11. The number of fused-ring (bicyclic) bond motifs is 1. The Morgan fingerprint density at radius 1 is 1.30 bits per heavy atom. The summed E-state index contributed by atoms with van der Waals surface area (Å²) in [6.07, 6.45) is 1.84. The van der Waals surface area contributed by atoms with Gasteiger partial charge < -0.3 is 15.2 Å². The normalized spacial score (nSPS) is 18.2. The number of aryl methyl sites for hydroxylation is 2. The van der Waals surface area contributed by atoms with Crippen LogP contribution in [-0.2, 0) is 4.79 Å². The number of carbonyl (C=O) groups excluding carboxylic acids is 2. The molecule has 1 aliphatic heterocycles. The van der Waals surface area contributed by atoms with Gasteiger partial charge in [-0.25, -0.2) is 0 Å². The summed E-state index contributed by atoms with van der Waals surface area (Å²) in [5, 5.41) is 4.03. The van der Waals surface area contributed by atoms with E-state index in [0.29, 0.717) is 12.1 Å². The highest BCUT2D eigenvalue weighted by molar-refractivity contribution is 6.06. The van der Waals surface area contributed by atoms with E-state index in [1.54, 1.807) is 0 Å². The predicted molar refractivity (Wildman–Crippen MR) is 90.5 cm³/mol. The smallest absolute Gasteiger partial charge is 0.256 e. The maximum Gasteiger partial charge on any atom is 0.256 e. The van der Waals surface area contributed by atoms with Gasteiger partial charge in [0, 0.05) is 37.1 Å². The Balaban J connectivity index is 1.88. The summed E-state index contributed by atoms with van der Waals surface area (Å²) in [7, 11) is 0. The van der Waals surface area contributed by atoms with Crippen LogP contribution in [0.4, 0.5) is 0 Å². The Morgan fingerprint density at radius 3 is 2.83 bits per heavy atom. The fraction of sp³-hybridized carbons (Fsp3) is 0.444. The zero-order chi connectivity index (χ0) is 16.6. The Hall–Kier alpha value is -2.30. The lowest BCUT2D eigenvalue weighted by molar-refractivity contribution is -0.120. The van der Waals surface area contributed by atoms with Gasteiger partial charge in [-0.2, -0.15) is 0 Å². The highest BCUT2D eigenvalue weighted by Crippen LogP contribution is 2.26. The second-order valence-corrected chi connectivity index (χ2v) is 6.39. The summed E-state index contributed by atoms with van der Waals surface area (Å²) in [4.78, 5) is 29.4. The SMILES string of the molecule is CC(=O)NC1CCCN(C(=O)c2cccc3c(C)c(C)[nH]c23)C1. The summed E-state index contributed by atoms with van der Waals surface area (Å²) >= 11 is 0. The fourth-order valence-corrected chi connectivity index (χ4v) is 3.40. The standard InChI is InChI=1S/C18H23N3O2/c1-11-12(2)19-17-15(11)7-4-8-16(17)18(23)21-9-5-6-14(10-21)20-13(3)22/h4,7-8,14,19H,5-6,9-10H2,1-3H3,(H,20,22). The molecule has 0 spiro atoms. The highest BCUT2D eigenvalue weighted by atomic mass is 16.2. The molecule has 1 saturated heterocycles. The lowest BCUT2D eigenvalue weighted by Crippen LogP contribution is -2.49. The molecule has 1 fully saturated rings. The number of rotatable bonds is 2. The van der Waals surface area contributed by atoms with Crippen molar-refractivity contribution in [3.8, 4) is 0 Å². The van der Waals surface area contributed by atoms with E-state index in [-0.39, 0.29) is 17.9 Å². The number of aromatic amines is 1. The van der Waals surface area contributed by atoms with Gasteiger partial charge in [0.25, 0.3) is 5.91 Å². The molecule has 3 rings (SSSR count). The van der Waals surface area contributed by atoms with Crippen LogP contribution < -0.4 is 5.32 Å². The number of hydrogen-bond acceptors (Lipinski definition) is 2. The predicted octanol–water partition coefficient (Wildman–Crippen LogP) is 2.53. The van der Waals surface area contributed by atoms with Crippen LogP contribution in [0.3, 0.4) is 0 Å². The van der Waals surface area contributed by atoms with E-state index in [9.17, 15) is 9.59 Å². The van der Waals surface area contributed by atoms with Crippen molar-refractivity contribution in [3.05, 3.63) is 35.0 Å². The number of aromatic nitrogens is 1. The lowest BCUT2D eigenvalue weighted by Gasteiger charge is -2.33. The second-order valence-electron chi connectivity index (χ2n) is 6.39. The zero-order valence-corrected chi connectivity index (χ0v) is 13.9. The third kappa shape index (κ3) is 2.96. The van der Waals surface area contributed by atoms with Gasteiger partial charge in [-0.15, -0.1) is 0 Å². The van der Waals surface area contributed by atoms with Crippen LogP contribution in [0.2, 0.25) is 0 Å². The largest absolute Gasteiger partial charge is 0.358 e. The minimum absolute atomic E-state index is 0.0342. The van der Waals surface area contributed by atoms with Crippen molar-refractivity contribution >= 4 is 22.7 Å². The first-order chi connectivity index (χ1) is 11.0. The maximum atomic E-state index is 13.0. The van der Waals surface area contributed by atoms with E-state index in [1.807, 2.05) is 30.0 Å². The van der Waals surface area contributed by atoms with E-state index in [4.69, 9.17) is 0 Å². The minimum atomic E-state index is -0.0398. The number of likely N-dealkylation sites (tertiary alicyclic amines) is 1. The molecule has 23 heavy (non-hydrogen) atoms. The van der Waals surface area contributed by atoms with Gasteiger partial charge in [0.2, 0.25) is 5.91 Å². The molecule has 1 unspecified atom stereocenters. The Labute approximate surface area is 136 Å². The summed E-state index contributed by atoms with van der Waals surface area (Å²) < 4.78 is 0. The van der Waals surface area contributed by atoms with Gasteiger partial charge in [-0.1, -0.05) is 12.1 Å². The quantitative estimate of drug-likeness (QED) is 0.895. The monoisotopic (exact) mass is 313 g/mol. The molecule has 1 atom stereocenters. The van der Waals surface area contributed by atoms with E-state index in [1.165, 1.54) is 12.5 Å². The van der Waals surface area contributed by atoms with Crippen LogP contribution in [0.25, 0.3) is 10.9 Å². The van der Waals surface area contributed by atoms with Gasteiger partial charge >= 0.3 is 0 Å². The topological polar surface area (TPSA) is 65.2 Å². The number of piperidine rings is 1. The lowest BCUT2D eigenvalue weighted by atomic mass is 10.0. The Bertz CT molecular complexity index is 763. The zero-order valence-electron chi connectivity index (χ0n) is 13.9. The van der Waals surface area contributed by atoms with Crippen molar-refractivity contribution in [1.29, 1.82) is 0 Å². The number of benzene rings is 1. The summed E-state index contributed by atoms with van der Waals surface area (Å²) in [5.74, 6) is -0.00563. The number of carbonyl (C=O) groups is 2. The van der Waals surface area contributed by atoms with E-state index in [0.717, 1.165) is 36.0 Å².